The number of hydrogen-bond donors (Lipinski definition) is 2. The fourth-order valence-electron chi connectivity index (χ4n) is 2.48. The molecule has 1 aromatic carbocycles. The van der Waals surface area contributed by atoms with Crippen LogP contribution in [0.2, 0.25) is 0 Å². The molecule has 3 aromatic rings. The number of amides is 1. The van der Waals surface area contributed by atoms with E-state index in [1.165, 1.54) is 23.4 Å². The summed E-state index contributed by atoms with van der Waals surface area (Å²) in [6, 6.07) is 9.31. The van der Waals surface area contributed by atoms with Gasteiger partial charge >= 0.3 is 0 Å². The largest absolute Gasteiger partial charge is 0.325 e. The second-order valence-electron chi connectivity index (χ2n) is 5.51. The van der Waals surface area contributed by atoms with Gasteiger partial charge in [-0.3, -0.25) is 19.0 Å². The molecule has 1 amide bonds. The molecule has 2 aromatic heterocycles. The smallest absolute Gasteiger partial charge is 0.252 e. The van der Waals surface area contributed by atoms with Crippen molar-refractivity contribution < 1.29 is 4.79 Å². The van der Waals surface area contributed by atoms with Crippen molar-refractivity contribution in [3.63, 3.8) is 0 Å². The van der Waals surface area contributed by atoms with Crippen LogP contribution < -0.4 is 10.9 Å². The SMILES string of the molecule is CCc1ccc(NC(=O)CSc2nnc3[nH]c(=O)cc(CC)n23)cc1. The molecule has 0 radical (unpaired) electrons. The summed E-state index contributed by atoms with van der Waals surface area (Å²) in [4.78, 5) is 26.4. The molecule has 25 heavy (non-hydrogen) atoms. The molecule has 0 saturated carbocycles. The molecule has 0 fully saturated rings. The third kappa shape index (κ3) is 3.90. The van der Waals surface area contributed by atoms with E-state index in [9.17, 15) is 9.59 Å². The van der Waals surface area contributed by atoms with Crippen LogP contribution >= 0.6 is 11.8 Å². The van der Waals surface area contributed by atoms with Gasteiger partial charge in [-0.25, -0.2) is 0 Å². The first-order valence-electron chi connectivity index (χ1n) is 8.09. The van der Waals surface area contributed by atoms with E-state index in [2.05, 4.69) is 27.4 Å². The van der Waals surface area contributed by atoms with Crippen molar-refractivity contribution in [2.75, 3.05) is 11.1 Å². The number of nitrogens with one attached hydrogen (secondary N) is 2. The summed E-state index contributed by atoms with van der Waals surface area (Å²) in [6.45, 7) is 4.04. The van der Waals surface area contributed by atoms with E-state index in [1.54, 1.807) is 4.40 Å². The Morgan fingerprint density at radius 3 is 2.64 bits per heavy atom. The minimum atomic E-state index is -0.207. The summed E-state index contributed by atoms with van der Waals surface area (Å²) in [5.41, 5.74) is 2.60. The molecular formula is C17H19N5O2S. The van der Waals surface area contributed by atoms with Gasteiger partial charge in [0.2, 0.25) is 11.7 Å². The molecule has 0 saturated heterocycles. The number of benzene rings is 1. The van der Waals surface area contributed by atoms with Crippen LogP contribution in [0.25, 0.3) is 5.78 Å². The average molecular weight is 357 g/mol. The molecule has 3 rings (SSSR count). The van der Waals surface area contributed by atoms with Gasteiger partial charge in [-0.1, -0.05) is 37.7 Å². The van der Waals surface area contributed by atoms with Crippen molar-refractivity contribution in [2.45, 2.75) is 31.8 Å². The van der Waals surface area contributed by atoms with Gasteiger partial charge in [-0.05, 0) is 30.5 Å². The zero-order chi connectivity index (χ0) is 17.8. The van der Waals surface area contributed by atoms with Gasteiger partial charge in [0, 0.05) is 17.4 Å². The highest BCUT2D eigenvalue weighted by Gasteiger charge is 2.13. The molecule has 0 aliphatic carbocycles. The van der Waals surface area contributed by atoms with E-state index < -0.39 is 0 Å². The predicted octanol–water partition coefficient (Wildman–Crippen LogP) is 2.27. The number of anilines is 1. The second-order valence-corrected chi connectivity index (χ2v) is 6.45. The van der Waals surface area contributed by atoms with E-state index in [0.29, 0.717) is 17.4 Å². The molecule has 7 nitrogen and oxygen atoms in total. The van der Waals surface area contributed by atoms with Crippen LogP contribution in [0.15, 0.2) is 40.3 Å². The topological polar surface area (TPSA) is 92.2 Å². The molecule has 2 heterocycles. The predicted molar refractivity (Wildman–Crippen MR) is 98.2 cm³/mol. The first kappa shape index (κ1) is 17.2. The molecule has 8 heteroatoms. The van der Waals surface area contributed by atoms with Crippen LogP contribution in [0.1, 0.15) is 25.1 Å². The number of rotatable bonds is 6. The van der Waals surface area contributed by atoms with Crippen LogP contribution in [-0.2, 0) is 17.6 Å². The molecular weight excluding hydrogens is 338 g/mol. The van der Waals surface area contributed by atoms with Crippen molar-refractivity contribution in [1.29, 1.82) is 0 Å². The summed E-state index contributed by atoms with van der Waals surface area (Å²) >= 11 is 1.28. The van der Waals surface area contributed by atoms with Gasteiger partial charge in [-0.15, -0.1) is 10.2 Å². The van der Waals surface area contributed by atoms with E-state index >= 15 is 0 Å². The number of aromatic amines is 1. The number of nitrogens with zero attached hydrogens (tertiary/aromatic N) is 3. The first-order chi connectivity index (χ1) is 12.1. The number of carbonyl (C=O) groups excluding carboxylic acids is 1. The van der Waals surface area contributed by atoms with Gasteiger partial charge in [0.15, 0.2) is 5.16 Å². The molecule has 130 valence electrons. The zero-order valence-corrected chi connectivity index (χ0v) is 14.9. The second kappa shape index (κ2) is 7.52. The third-order valence-corrected chi connectivity index (χ3v) is 4.72. The van der Waals surface area contributed by atoms with E-state index in [1.807, 2.05) is 31.2 Å². The Balaban J connectivity index is 1.69. The quantitative estimate of drug-likeness (QED) is 0.660. The van der Waals surface area contributed by atoms with Crippen molar-refractivity contribution in [3.05, 3.63) is 51.9 Å². The van der Waals surface area contributed by atoms with Gasteiger partial charge < -0.3 is 5.32 Å². The summed E-state index contributed by atoms with van der Waals surface area (Å²) in [5, 5.41) is 11.5. The lowest BCUT2D eigenvalue weighted by Crippen LogP contribution is -2.15. The highest BCUT2D eigenvalue weighted by atomic mass is 32.2. The third-order valence-electron chi connectivity index (χ3n) is 3.79. The fraction of sp³-hybridized carbons (Fsp3) is 0.294. The van der Waals surface area contributed by atoms with Crippen LogP contribution in [0.4, 0.5) is 5.69 Å². The number of aryl methyl sites for hydroxylation is 2. The molecule has 0 atom stereocenters. The fourth-order valence-corrected chi connectivity index (χ4v) is 3.24. The minimum Gasteiger partial charge on any atom is -0.325 e. The van der Waals surface area contributed by atoms with Crippen molar-refractivity contribution in [3.8, 4) is 0 Å². The van der Waals surface area contributed by atoms with Gasteiger partial charge in [0.05, 0.1) is 5.75 Å². The maximum atomic E-state index is 12.2. The number of thioether (sulfide) groups is 1. The number of H-pyrrole nitrogens is 1. The lowest BCUT2D eigenvalue weighted by atomic mass is 10.1. The van der Waals surface area contributed by atoms with Crippen molar-refractivity contribution in [2.24, 2.45) is 0 Å². The van der Waals surface area contributed by atoms with E-state index in [-0.39, 0.29) is 17.2 Å². The summed E-state index contributed by atoms with van der Waals surface area (Å²) in [6.07, 6.45) is 1.63. The van der Waals surface area contributed by atoms with Gasteiger partial charge in [-0.2, -0.15) is 0 Å². The van der Waals surface area contributed by atoms with E-state index in [4.69, 9.17) is 0 Å². The molecule has 0 aliphatic heterocycles. The van der Waals surface area contributed by atoms with E-state index in [0.717, 1.165) is 17.8 Å². The Hall–Kier alpha value is -2.61. The molecule has 0 spiro atoms. The molecule has 0 aliphatic rings. The summed E-state index contributed by atoms with van der Waals surface area (Å²) in [5.74, 6) is 0.481. The first-order valence-corrected chi connectivity index (χ1v) is 9.08. The Morgan fingerprint density at radius 1 is 1.20 bits per heavy atom. The molecule has 0 bridgehead atoms. The Kier molecular flexibility index (Phi) is 5.18. The number of fused-ring (bicyclic) bond motifs is 1. The summed E-state index contributed by atoms with van der Waals surface area (Å²) < 4.78 is 1.77. The van der Waals surface area contributed by atoms with Crippen LogP contribution in [-0.4, -0.2) is 31.2 Å². The monoisotopic (exact) mass is 357 g/mol. The highest BCUT2D eigenvalue weighted by molar-refractivity contribution is 7.99. The number of aromatic nitrogens is 4. The maximum absolute atomic E-state index is 12.2. The van der Waals surface area contributed by atoms with Gasteiger partial charge in [0.25, 0.3) is 5.56 Å². The van der Waals surface area contributed by atoms with Crippen molar-refractivity contribution >= 4 is 29.1 Å². The van der Waals surface area contributed by atoms with Crippen molar-refractivity contribution in [1.82, 2.24) is 19.6 Å². The van der Waals surface area contributed by atoms with Crippen LogP contribution in [0.3, 0.4) is 0 Å². The zero-order valence-electron chi connectivity index (χ0n) is 14.1. The maximum Gasteiger partial charge on any atom is 0.252 e. The number of hydrogen-bond acceptors (Lipinski definition) is 5. The summed E-state index contributed by atoms with van der Waals surface area (Å²) in [7, 11) is 0. The lowest BCUT2D eigenvalue weighted by molar-refractivity contribution is -0.113. The average Bonchev–Trinajstić information content (AvgIpc) is 3.02. The van der Waals surface area contributed by atoms with Crippen LogP contribution in [0.5, 0.6) is 0 Å². The standard InChI is InChI=1S/C17H19N5O2S/c1-3-11-5-7-12(8-6-11)18-15(24)10-25-17-21-20-16-19-14(23)9-13(4-2)22(16)17/h5-9H,3-4,10H2,1-2H3,(H,18,24)(H,19,20,23). The Labute approximate surface area is 148 Å². The number of carbonyl (C=O) groups is 1. The molecule has 0 unspecified atom stereocenters. The molecule has 2 N–H and O–H groups in total. The highest BCUT2D eigenvalue weighted by Crippen LogP contribution is 2.18. The lowest BCUT2D eigenvalue weighted by Gasteiger charge is -2.06. The normalized spacial score (nSPS) is 11.0. The Morgan fingerprint density at radius 2 is 1.96 bits per heavy atom. The Bertz CT molecular complexity index is 946. The van der Waals surface area contributed by atoms with Gasteiger partial charge in [0.1, 0.15) is 0 Å². The van der Waals surface area contributed by atoms with Crippen LogP contribution in [0, 0.1) is 0 Å². The minimum absolute atomic E-state index is 0.117.